The Morgan fingerprint density at radius 1 is 1.25 bits per heavy atom. The Morgan fingerprint density at radius 2 is 2.05 bits per heavy atom. The highest BCUT2D eigenvalue weighted by Crippen LogP contribution is 2.31. The standard InChI is InChI=1S/C16H20N2O2/c19-11-13-2-1-3-15-14(13)4-5-16(20)18(15)10-12-6-8-17-9-7-12/h1-3,11-12,17H,4-10H2. The van der Waals surface area contributed by atoms with E-state index >= 15 is 0 Å². The van der Waals surface area contributed by atoms with Crippen LogP contribution in [0, 0.1) is 5.92 Å². The van der Waals surface area contributed by atoms with E-state index in [1.165, 1.54) is 0 Å². The first-order chi connectivity index (χ1) is 9.79. The van der Waals surface area contributed by atoms with Crippen molar-refractivity contribution in [1.29, 1.82) is 0 Å². The van der Waals surface area contributed by atoms with Crippen LogP contribution in [0.4, 0.5) is 5.69 Å². The molecule has 4 heteroatoms. The number of rotatable bonds is 3. The second-order valence-corrected chi connectivity index (χ2v) is 5.66. The summed E-state index contributed by atoms with van der Waals surface area (Å²) in [5.41, 5.74) is 2.71. The van der Waals surface area contributed by atoms with Gasteiger partial charge in [-0.3, -0.25) is 9.59 Å². The van der Waals surface area contributed by atoms with Crippen LogP contribution in [-0.4, -0.2) is 31.8 Å². The Balaban J connectivity index is 1.87. The fourth-order valence-corrected chi connectivity index (χ4v) is 3.25. The molecular formula is C16H20N2O2. The predicted octanol–water partition coefficient (Wildman–Crippen LogP) is 1.78. The molecule has 20 heavy (non-hydrogen) atoms. The molecule has 0 saturated carbocycles. The summed E-state index contributed by atoms with van der Waals surface area (Å²) in [5, 5.41) is 3.35. The van der Waals surface area contributed by atoms with Gasteiger partial charge in [-0.25, -0.2) is 0 Å². The maximum atomic E-state index is 12.3. The van der Waals surface area contributed by atoms with Crippen molar-refractivity contribution in [3.63, 3.8) is 0 Å². The molecule has 0 spiro atoms. The van der Waals surface area contributed by atoms with Gasteiger partial charge in [-0.1, -0.05) is 12.1 Å². The molecule has 0 aliphatic carbocycles. The van der Waals surface area contributed by atoms with E-state index in [0.29, 0.717) is 18.8 Å². The van der Waals surface area contributed by atoms with Gasteiger partial charge in [0.2, 0.25) is 5.91 Å². The minimum Gasteiger partial charge on any atom is -0.317 e. The number of carbonyl (C=O) groups excluding carboxylic acids is 2. The number of nitrogens with zero attached hydrogens (tertiary/aromatic N) is 1. The number of hydrogen-bond acceptors (Lipinski definition) is 3. The molecule has 4 nitrogen and oxygen atoms in total. The van der Waals surface area contributed by atoms with E-state index in [-0.39, 0.29) is 5.91 Å². The Labute approximate surface area is 119 Å². The number of aldehydes is 1. The Kier molecular flexibility index (Phi) is 3.83. The number of amides is 1. The van der Waals surface area contributed by atoms with Gasteiger partial charge in [0.1, 0.15) is 6.29 Å². The molecule has 0 bridgehead atoms. The van der Waals surface area contributed by atoms with Crippen LogP contribution >= 0.6 is 0 Å². The lowest BCUT2D eigenvalue weighted by Crippen LogP contribution is -2.41. The summed E-state index contributed by atoms with van der Waals surface area (Å²) in [7, 11) is 0. The number of nitrogens with one attached hydrogen (secondary N) is 1. The molecule has 1 aromatic carbocycles. The highest BCUT2D eigenvalue weighted by atomic mass is 16.2. The van der Waals surface area contributed by atoms with Gasteiger partial charge >= 0.3 is 0 Å². The first-order valence-corrected chi connectivity index (χ1v) is 7.37. The molecule has 2 aliphatic heterocycles. The van der Waals surface area contributed by atoms with Crippen LogP contribution in [0.25, 0.3) is 0 Å². The summed E-state index contributed by atoms with van der Waals surface area (Å²) in [5.74, 6) is 0.755. The average Bonchev–Trinajstić information content (AvgIpc) is 2.50. The van der Waals surface area contributed by atoms with Crippen molar-refractivity contribution >= 4 is 17.9 Å². The number of carbonyl (C=O) groups is 2. The van der Waals surface area contributed by atoms with Gasteiger partial charge in [-0.15, -0.1) is 0 Å². The van der Waals surface area contributed by atoms with Gasteiger partial charge in [0.05, 0.1) is 0 Å². The largest absolute Gasteiger partial charge is 0.317 e. The van der Waals surface area contributed by atoms with Gasteiger partial charge in [0.15, 0.2) is 0 Å². The molecule has 1 saturated heterocycles. The second kappa shape index (κ2) is 5.75. The quantitative estimate of drug-likeness (QED) is 0.853. The maximum Gasteiger partial charge on any atom is 0.227 e. The van der Waals surface area contributed by atoms with Crippen LogP contribution in [-0.2, 0) is 11.2 Å². The van der Waals surface area contributed by atoms with Crippen LogP contribution in [0.3, 0.4) is 0 Å². The third-order valence-electron chi connectivity index (χ3n) is 4.39. The first-order valence-electron chi connectivity index (χ1n) is 7.37. The zero-order chi connectivity index (χ0) is 13.9. The molecule has 0 aromatic heterocycles. The van der Waals surface area contributed by atoms with Crippen molar-refractivity contribution in [1.82, 2.24) is 5.32 Å². The summed E-state index contributed by atoms with van der Waals surface area (Å²) in [6.07, 6.45) is 4.34. The summed E-state index contributed by atoms with van der Waals surface area (Å²) in [6, 6.07) is 5.68. The SMILES string of the molecule is O=Cc1cccc2c1CCC(=O)N2CC1CCNCC1. The lowest BCUT2D eigenvalue weighted by Gasteiger charge is -2.34. The third-order valence-corrected chi connectivity index (χ3v) is 4.39. The van der Waals surface area contributed by atoms with Gasteiger partial charge in [0, 0.05) is 24.2 Å². The molecule has 3 rings (SSSR count). The zero-order valence-electron chi connectivity index (χ0n) is 11.6. The van der Waals surface area contributed by atoms with Crippen LogP contribution in [0.15, 0.2) is 18.2 Å². The third kappa shape index (κ3) is 2.48. The lowest BCUT2D eigenvalue weighted by molar-refractivity contribution is -0.119. The molecule has 1 N–H and O–H groups in total. The molecule has 0 unspecified atom stereocenters. The van der Waals surface area contributed by atoms with E-state index in [1.807, 2.05) is 23.1 Å². The summed E-state index contributed by atoms with van der Waals surface area (Å²) < 4.78 is 0. The second-order valence-electron chi connectivity index (χ2n) is 5.66. The molecule has 2 aliphatic rings. The van der Waals surface area contributed by atoms with E-state index in [1.54, 1.807) is 0 Å². The van der Waals surface area contributed by atoms with Crippen LogP contribution < -0.4 is 10.2 Å². The monoisotopic (exact) mass is 272 g/mol. The first kappa shape index (κ1) is 13.3. The fraction of sp³-hybridized carbons (Fsp3) is 0.500. The lowest BCUT2D eigenvalue weighted by atomic mass is 9.93. The fourth-order valence-electron chi connectivity index (χ4n) is 3.25. The highest BCUT2D eigenvalue weighted by molar-refractivity contribution is 5.98. The number of fused-ring (bicyclic) bond motifs is 1. The highest BCUT2D eigenvalue weighted by Gasteiger charge is 2.28. The van der Waals surface area contributed by atoms with E-state index < -0.39 is 0 Å². The number of hydrogen-bond donors (Lipinski definition) is 1. The summed E-state index contributed by atoms with van der Waals surface area (Å²) in [4.78, 5) is 25.3. The molecule has 1 amide bonds. The molecule has 0 radical (unpaired) electrons. The van der Waals surface area contributed by atoms with Gasteiger partial charge in [-0.05, 0) is 49.9 Å². The normalized spacial score (nSPS) is 19.8. The topological polar surface area (TPSA) is 49.4 Å². The van der Waals surface area contributed by atoms with Crippen molar-refractivity contribution in [2.45, 2.75) is 25.7 Å². The van der Waals surface area contributed by atoms with Crippen molar-refractivity contribution in [2.24, 2.45) is 5.92 Å². The van der Waals surface area contributed by atoms with Crippen LogP contribution in [0.1, 0.15) is 35.2 Å². The molecule has 2 heterocycles. The minimum absolute atomic E-state index is 0.194. The minimum atomic E-state index is 0.194. The number of benzene rings is 1. The Hall–Kier alpha value is -1.68. The van der Waals surface area contributed by atoms with E-state index in [2.05, 4.69) is 5.32 Å². The van der Waals surface area contributed by atoms with Crippen molar-refractivity contribution in [3.8, 4) is 0 Å². The summed E-state index contributed by atoms with van der Waals surface area (Å²) >= 11 is 0. The predicted molar refractivity (Wildman–Crippen MR) is 78.1 cm³/mol. The van der Waals surface area contributed by atoms with Gasteiger partial charge in [-0.2, -0.15) is 0 Å². The summed E-state index contributed by atoms with van der Waals surface area (Å²) in [6.45, 7) is 2.86. The Morgan fingerprint density at radius 3 is 2.80 bits per heavy atom. The molecule has 1 fully saturated rings. The van der Waals surface area contributed by atoms with E-state index in [9.17, 15) is 9.59 Å². The molecule has 1 aromatic rings. The van der Waals surface area contributed by atoms with Crippen molar-refractivity contribution in [2.75, 3.05) is 24.5 Å². The van der Waals surface area contributed by atoms with Crippen molar-refractivity contribution in [3.05, 3.63) is 29.3 Å². The molecule has 106 valence electrons. The number of anilines is 1. The van der Waals surface area contributed by atoms with Crippen LogP contribution in [0.2, 0.25) is 0 Å². The van der Waals surface area contributed by atoms with Gasteiger partial charge in [0.25, 0.3) is 0 Å². The van der Waals surface area contributed by atoms with Crippen molar-refractivity contribution < 1.29 is 9.59 Å². The van der Waals surface area contributed by atoms with E-state index in [4.69, 9.17) is 0 Å². The number of piperidine rings is 1. The average molecular weight is 272 g/mol. The maximum absolute atomic E-state index is 12.3. The Bertz CT molecular complexity index is 521. The van der Waals surface area contributed by atoms with Gasteiger partial charge < -0.3 is 10.2 Å². The van der Waals surface area contributed by atoms with Crippen LogP contribution in [0.5, 0.6) is 0 Å². The van der Waals surface area contributed by atoms with E-state index in [0.717, 1.165) is 55.6 Å². The molecule has 0 atom stereocenters. The zero-order valence-corrected chi connectivity index (χ0v) is 11.6. The smallest absolute Gasteiger partial charge is 0.227 e. The molecular weight excluding hydrogens is 252 g/mol.